The van der Waals surface area contributed by atoms with Crippen LogP contribution in [0.25, 0.3) is 17.0 Å². The van der Waals surface area contributed by atoms with Gasteiger partial charge in [-0.1, -0.05) is 18.7 Å². The molecule has 7 nitrogen and oxygen atoms in total. The van der Waals surface area contributed by atoms with Gasteiger partial charge in [0.05, 0.1) is 12.7 Å². The summed E-state index contributed by atoms with van der Waals surface area (Å²) in [6.45, 7) is 8.24. The number of methoxy groups -OCH3 is 1. The first-order chi connectivity index (χ1) is 17.0. The zero-order valence-corrected chi connectivity index (χ0v) is 20.3. The highest BCUT2D eigenvalue weighted by Crippen LogP contribution is 2.24. The average Bonchev–Trinajstić information content (AvgIpc) is 2.88. The molecule has 0 atom stereocenters. The standard InChI is InChI=1S/C28H34N4O3/c1-3-21-14-20(18-32-12-9-19(8-11-29)10-13-32)4-6-25(21)30-17-24-16-23-15-22(28(34)35-2)5-7-26(23)31-27(24)33/h3-7,14-16,19,30H,1,8-13,17-18,29H2,2H3,(H,31,33). The second kappa shape index (κ2) is 11.3. The van der Waals surface area contributed by atoms with Crippen LogP contribution in [-0.4, -0.2) is 42.6 Å². The van der Waals surface area contributed by atoms with E-state index in [2.05, 4.69) is 40.0 Å². The van der Waals surface area contributed by atoms with E-state index in [1.165, 1.54) is 25.5 Å². The van der Waals surface area contributed by atoms with Crippen molar-refractivity contribution in [3.05, 3.63) is 81.7 Å². The maximum Gasteiger partial charge on any atom is 0.337 e. The van der Waals surface area contributed by atoms with Crippen LogP contribution in [-0.2, 0) is 17.8 Å². The van der Waals surface area contributed by atoms with Gasteiger partial charge in [-0.15, -0.1) is 0 Å². The molecule has 0 saturated carbocycles. The van der Waals surface area contributed by atoms with Crippen LogP contribution in [0.2, 0.25) is 0 Å². The predicted octanol–water partition coefficient (Wildman–Crippen LogP) is 4.13. The minimum absolute atomic E-state index is 0.161. The van der Waals surface area contributed by atoms with Crippen LogP contribution in [0, 0.1) is 5.92 Å². The van der Waals surface area contributed by atoms with Crippen LogP contribution < -0.4 is 16.6 Å². The second-order valence-corrected chi connectivity index (χ2v) is 9.19. The Balaban J connectivity index is 1.44. The van der Waals surface area contributed by atoms with E-state index in [9.17, 15) is 9.59 Å². The second-order valence-electron chi connectivity index (χ2n) is 9.19. The first kappa shape index (κ1) is 24.7. The molecule has 0 aliphatic carbocycles. The largest absolute Gasteiger partial charge is 0.465 e. The van der Waals surface area contributed by atoms with Crippen molar-refractivity contribution in [2.45, 2.75) is 32.4 Å². The number of fused-ring (bicyclic) bond motifs is 1. The molecular weight excluding hydrogens is 440 g/mol. The Morgan fingerprint density at radius 2 is 2.03 bits per heavy atom. The number of nitrogens with two attached hydrogens (primary N) is 1. The van der Waals surface area contributed by atoms with Crippen molar-refractivity contribution >= 4 is 28.6 Å². The van der Waals surface area contributed by atoms with Crippen molar-refractivity contribution in [1.82, 2.24) is 9.88 Å². The van der Waals surface area contributed by atoms with E-state index in [1.807, 2.05) is 12.1 Å². The summed E-state index contributed by atoms with van der Waals surface area (Å²) in [5, 5.41) is 4.15. The van der Waals surface area contributed by atoms with Crippen LogP contribution in [0.5, 0.6) is 0 Å². The SMILES string of the molecule is C=Cc1cc(CN2CCC(CCN)CC2)ccc1NCc1cc2cc(C(=O)OC)ccc2[nH]c1=O. The molecule has 3 aromatic rings. The summed E-state index contributed by atoms with van der Waals surface area (Å²) in [5.74, 6) is 0.352. The van der Waals surface area contributed by atoms with Gasteiger partial charge in [-0.2, -0.15) is 0 Å². The number of hydrogen-bond acceptors (Lipinski definition) is 6. The van der Waals surface area contributed by atoms with Gasteiger partial charge in [-0.05, 0) is 97.7 Å². The van der Waals surface area contributed by atoms with Gasteiger partial charge in [0, 0.05) is 29.9 Å². The molecular formula is C28H34N4O3. The molecule has 0 amide bonds. The van der Waals surface area contributed by atoms with Crippen LogP contribution >= 0.6 is 0 Å². The van der Waals surface area contributed by atoms with Crippen LogP contribution in [0.15, 0.2) is 53.8 Å². The van der Waals surface area contributed by atoms with Crippen LogP contribution in [0.1, 0.15) is 46.3 Å². The van der Waals surface area contributed by atoms with Gasteiger partial charge in [-0.25, -0.2) is 4.79 Å². The number of H-pyrrole nitrogens is 1. The Morgan fingerprint density at radius 3 is 2.74 bits per heavy atom. The predicted molar refractivity (Wildman–Crippen MR) is 141 cm³/mol. The van der Waals surface area contributed by atoms with Gasteiger partial charge in [-0.3, -0.25) is 9.69 Å². The lowest BCUT2D eigenvalue weighted by Gasteiger charge is -2.32. The zero-order valence-electron chi connectivity index (χ0n) is 20.3. The van der Waals surface area contributed by atoms with Crippen molar-refractivity contribution in [2.24, 2.45) is 11.7 Å². The highest BCUT2D eigenvalue weighted by atomic mass is 16.5. The summed E-state index contributed by atoms with van der Waals surface area (Å²) in [5.41, 5.74) is 10.4. The van der Waals surface area contributed by atoms with Crippen molar-refractivity contribution in [3.63, 3.8) is 0 Å². The van der Waals surface area contributed by atoms with Gasteiger partial charge in [0.25, 0.3) is 5.56 Å². The fourth-order valence-corrected chi connectivity index (χ4v) is 4.79. The van der Waals surface area contributed by atoms with Gasteiger partial charge in [0.15, 0.2) is 0 Å². The summed E-state index contributed by atoms with van der Waals surface area (Å²) in [7, 11) is 1.35. The minimum atomic E-state index is -0.409. The number of piperidine rings is 1. The van der Waals surface area contributed by atoms with E-state index in [-0.39, 0.29) is 5.56 Å². The summed E-state index contributed by atoms with van der Waals surface area (Å²) >= 11 is 0. The first-order valence-electron chi connectivity index (χ1n) is 12.2. The fourth-order valence-electron chi connectivity index (χ4n) is 4.79. The molecule has 7 heteroatoms. The zero-order chi connectivity index (χ0) is 24.8. The number of nitrogens with one attached hydrogen (secondary N) is 2. The Labute approximate surface area is 206 Å². The number of ether oxygens (including phenoxy) is 1. The number of benzene rings is 2. The van der Waals surface area contributed by atoms with E-state index in [1.54, 1.807) is 18.2 Å². The van der Waals surface area contributed by atoms with Crippen molar-refractivity contribution in [1.29, 1.82) is 0 Å². The lowest BCUT2D eigenvalue weighted by molar-refractivity contribution is 0.0601. The number of anilines is 1. The van der Waals surface area contributed by atoms with Crippen molar-refractivity contribution in [3.8, 4) is 0 Å². The number of carbonyl (C=O) groups excluding carboxylic acids is 1. The summed E-state index contributed by atoms with van der Waals surface area (Å²) in [6, 6.07) is 13.2. The molecule has 4 N–H and O–H groups in total. The van der Waals surface area contributed by atoms with Gasteiger partial charge in [0.2, 0.25) is 0 Å². The van der Waals surface area contributed by atoms with E-state index in [4.69, 9.17) is 10.5 Å². The quantitative estimate of drug-likeness (QED) is 0.403. The van der Waals surface area contributed by atoms with Crippen LogP contribution in [0.4, 0.5) is 5.69 Å². The number of hydrogen-bond donors (Lipinski definition) is 3. The average molecular weight is 475 g/mol. The maximum absolute atomic E-state index is 12.6. The Hall–Kier alpha value is -3.42. The fraction of sp³-hybridized carbons (Fsp3) is 0.357. The highest BCUT2D eigenvalue weighted by molar-refractivity contribution is 5.94. The molecule has 1 aliphatic rings. The highest BCUT2D eigenvalue weighted by Gasteiger charge is 2.19. The topological polar surface area (TPSA) is 100 Å². The molecule has 1 saturated heterocycles. The monoisotopic (exact) mass is 474 g/mol. The Morgan fingerprint density at radius 1 is 1.23 bits per heavy atom. The Kier molecular flexibility index (Phi) is 8.00. The van der Waals surface area contributed by atoms with Gasteiger partial charge in [0.1, 0.15) is 0 Å². The maximum atomic E-state index is 12.6. The number of aromatic amines is 1. The molecule has 2 aromatic carbocycles. The molecule has 2 heterocycles. The molecule has 184 valence electrons. The van der Waals surface area contributed by atoms with E-state index < -0.39 is 5.97 Å². The third-order valence-corrected chi connectivity index (χ3v) is 6.84. The smallest absolute Gasteiger partial charge is 0.337 e. The van der Waals surface area contributed by atoms with E-state index in [0.29, 0.717) is 23.2 Å². The molecule has 1 aliphatic heterocycles. The summed E-state index contributed by atoms with van der Waals surface area (Å²) < 4.78 is 4.80. The molecule has 0 unspecified atom stereocenters. The molecule has 1 fully saturated rings. The van der Waals surface area contributed by atoms with Crippen LogP contribution in [0.3, 0.4) is 0 Å². The Bertz CT molecular complexity index is 1260. The minimum Gasteiger partial charge on any atom is -0.465 e. The molecule has 0 spiro atoms. The summed E-state index contributed by atoms with van der Waals surface area (Å²) in [4.78, 5) is 29.9. The number of carbonyl (C=O) groups is 1. The lowest BCUT2D eigenvalue weighted by atomic mass is 9.93. The first-order valence-corrected chi connectivity index (χ1v) is 12.2. The van der Waals surface area contributed by atoms with Crippen molar-refractivity contribution < 1.29 is 9.53 Å². The van der Waals surface area contributed by atoms with Gasteiger partial charge < -0.3 is 20.8 Å². The normalized spacial score (nSPS) is 14.7. The third kappa shape index (κ3) is 5.99. The number of aromatic nitrogens is 1. The molecule has 4 rings (SSSR count). The molecule has 0 radical (unpaired) electrons. The van der Waals surface area contributed by atoms with Gasteiger partial charge >= 0.3 is 5.97 Å². The number of esters is 1. The number of nitrogens with zero attached hydrogens (tertiary/aromatic N) is 1. The molecule has 1 aromatic heterocycles. The third-order valence-electron chi connectivity index (χ3n) is 6.84. The van der Waals surface area contributed by atoms with E-state index >= 15 is 0 Å². The number of likely N-dealkylation sites (tertiary alicyclic amines) is 1. The number of rotatable bonds is 9. The van der Waals surface area contributed by atoms with E-state index in [0.717, 1.165) is 55.2 Å². The molecule has 0 bridgehead atoms. The number of pyridine rings is 1. The van der Waals surface area contributed by atoms with Crippen molar-refractivity contribution in [2.75, 3.05) is 32.1 Å². The summed E-state index contributed by atoms with van der Waals surface area (Å²) in [6.07, 6.45) is 5.40. The molecule has 35 heavy (non-hydrogen) atoms. The lowest BCUT2D eigenvalue weighted by Crippen LogP contribution is -2.33.